The molecule has 2 heterocycles. The van der Waals surface area contributed by atoms with Crippen molar-refractivity contribution < 1.29 is 13.6 Å². The van der Waals surface area contributed by atoms with Gasteiger partial charge in [-0.2, -0.15) is 0 Å². The van der Waals surface area contributed by atoms with Crippen LogP contribution in [0.2, 0.25) is 0 Å². The Kier molecular flexibility index (Phi) is 4.42. The Labute approximate surface area is 153 Å². The molecule has 1 N–H and O–H groups in total. The van der Waals surface area contributed by atoms with Crippen molar-refractivity contribution in [3.63, 3.8) is 0 Å². The van der Waals surface area contributed by atoms with Crippen molar-refractivity contribution in [1.29, 1.82) is 0 Å². The van der Waals surface area contributed by atoms with Gasteiger partial charge in [0.2, 0.25) is 11.5 Å². The number of nitrogens with zero attached hydrogens (tertiary/aromatic N) is 2. The third kappa shape index (κ3) is 3.31. The highest BCUT2D eigenvalue weighted by atomic mass is 19.1. The van der Waals surface area contributed by atoms with Gasteiger partial charge in [-0.25, -0.2) is 9.37 Å². The van der Waals surface area contributed by atoms with Gasteiger partial charge in [0.25, 0.3) is 5.56 Å². The highest BCUT2D eigenvalue weighted by Crippen LogP contribution is 2.23. The van der Waals surface area contributed by atoms with E-state index in [1.54, 1.807) is 24.3 Å². The minimum absolute atomic E-state index is 0.123. The van der Waals surface area contributed by atoms with Crippen molar-refractivity contribution in [2.45, 2.75) is 13.0 Å². The van der Waals surface area contributed by atoms with Crippen molar-refractivity contribution in [3.05, 3.63) is 76.6 Å². The molecular formula is C20H16FN3O3. The van der Waals surface area contributed by atoms with Crippen LogP contribution in [0.4, 0.5) is 4.39 Å². The Morgan fingerprint density at radius 2 is 1.93 bits per heavy atom. The van der Waals surface area contributed by atoms with Gasteiger partial charge in [0.1, 0.15) is 23.5 Å². The van der Waals surface area contributed by atoms with E-state index in [1.165, 1.54) is 17.0 Å². The third-order valence-corrected chi connectivity index (χ3v) is 4.34. The molecule has 0 spiro atoms. The topological polar surface area (TPSA) is 77.1 Å². The van der Waals surface area contributed by atoms with Gasteiger partial charge < -0.3 is 9.73 Å². The third-order valence-electron chi connectivity index (χ3n) is 4.34. The molecule has 27 heavy (non-hydrogen) atoms. The fourth-order valence-electron chi connectivity index (χ4n) is 2.98. The summed E-state index contributed by atoms with van der Waals surface area (Å²) < 4.78 is 20.4. The lowest BCUT2D eigenvalue weighted by molar-refractivity contribution is -0.121. The summed E-state index contributed by atoms with van der Waals surface area (Å²) in [6, 6.07) is 13.7. The van der Waals surface area contributed by atoms with Crippen molar-refractivity contribution in [1.82, 2.24) is 14.9 Å². The lowest BCUT2D eigenvalue weighted by Crippen LogP contribution is -2.33. The molecular weight excluding hydrogens is 349 g/mol. The summed E-state index contributed by atoms with van der Waals surface area (Å²) in [7, 11) is 0. The van der Waals surface area contributed by atoms with Gasteiger partial charge >= 0.3 is 0 Å². The van der Waals surface area contributed by atoms with Gasteiger partial charge in [0.15, 0.2) is 0 Å². The fraction of sp³-hybridized carbons (Fsp3) is 0.150. The SMILES string of the molecule is O=C(Cn1cnc2c(oc3ccccc32)c1=O)NCCc1ccccc1F. The van der Waals surface area contributed by atoms with Gasteiger partial charge in [-0.1, -0.05) is 30.3 Å². The number of fused-ring (bicyclic) bond motifs is 3. The number of carbonyl (C=O) groups excluding carboxylic acids is 1. The zero-order valence-electron chi connectivity index (χ0n) is 14.3. The normalized spacial score (nSPS) is 11.1. The van der Waals surface area contributed by atoms with Crippen molar-refractivity contribution in [2.24, 2.45) is 0 Å². The molecule has 0 unspecified atom stereocenters. The molecule has 0 aliphatic rings. The zero-order valence-corrected chi connectivity index (χ0v) is 14.3. The van der Waals surface area contributed by atoms with Crippen LogP contribution in [0.25, 0.3) is 22.1 Å². The van der Waals surface area contributed by atoms with Gasteiger partial charge in [0, 0.05) is 11.9 Å². The average molecular weight is 365 g/mol. The number of halogens is 1. The van der Waals surface area contributed by atoms with Crippen LogP contribution in [0.15, 0.2) is 64.1 Å². The molecule has 1 amide bonds. The molecule has 7 heteroatoms. The van der Waals surface area contributed by atoms with Crippen molar-refractivity contribution in [3.8, 4) is 0 Å². The van der Waals surface area contributed by atoms with E-state index < -0.39 is 5.56 Å². The van der Waals surface area contributed by atoms with E-state index in [9.17, 15) is 14.0 Å². The highest BCUT2D eigenvalue weighted by molar-refractivity contribution is 6.01. The predicted octanol–water partition coefficient (Wildman–Crippen LogP) is 2.64. The van der Waals surface area contributed by atoms with Crippen LogP contribution in [0.5, 0.6) is 0 Å². The number of carbonyl (C=O) groups is 1. The minimum Gasteiger partial charge on any atom is -0.448 e. The summed E-state index contributed by atoms with van der Waals surface area (Å²) in [5.41, 5.74) is 1.29. The molecule has 6 nitrogen and oxygen atoms in total. The Morgan fingerprint density at radius 1 is 1.15 bits per heavy atom. The minimum atomic E-state index is -0.416. The molecule has 2 aromatic heterocycles. The summed E-state index contributed by atoms with van der Waals surface area (Å²) in [6.45, 7) is 0.0882. The predicted molar refractivity (Wildman–Crippen MR) is 98.9 cm³/mol. The smallest absolute Gasteiger partial charge is 0.297 e. The molecule has 136 valence electrons. The summed E-state index contributed by atoms with van der Waals surface area (Å²) in [5.74, 6) is -0.659. The second-order valence-electron chi connectivity index (χ2n) is 6.14. The number of rotatable bonds is 5. The van der Waals surface area contributed by atoms with Crippen LogP contribution >= 0.6 is 0 Å². The lowest BCUT2D eigenvalue weighted by Gasteiger charge is -2.07. The molecule has 0 saturated heterocycles. The fourth-order valence-corrected chi connectivity index (χ4v) is 2.98. The summed E-state index contributed by atoms with van der Waals surface area (Å²) >= 11 is 0. The van der Waals surface area contributed by atoms with E-state index in [0.29, 0.717) is 23.1 Å². The van der Waals surface area contributed by atoms with Crippen LogP contribution < -0.4 is 10.9 Å². The van der Waals surface area contributed by atoms with Crippen LogP contribution in [0.3, 0.4) is 0 Å². The van der Waals surface area contributed by atoms with Gasteiger partial charge in [-0.05, 0) is 30.2 Å². The Hall–Kier alpha value is -3.48. The summed E-state index contributed by atoms with van der Waals surface area (Å²) in [5, 5.41) is 3.44. The summed E-state index contributed by atoms with van der Waals surface area (Å²) in [6.07, 6.45) is 1.71. The molecule has 0 aliphatic carbocycles. The number of hydrogen-bond acceptors (Lipinski definition) is 4. The number of amides is 1. The van der Waals surface area contributed by atoms with E-state index in [4.69, 9.17) is 4.42 Å². The first-order chi connectivity index (χ1) is 13.1. The first kappa shape index (κ1) is 17.0. The number of hydrogen-bond donors (Lipinski definition) is 1. The monoisotopic (exact) mass is 365 g/mol. The van der Waals surface area contributed by atoms with Gasteiger partial charge in [-0.3, -0.25) is 14.2 Å². The van der Waals surface area contributed by atoms with E-state index in [2.05, 4.69) is 10.3 Å². The van der Waals surface area contributed by atoms with Crippen LogP contribution in [-0.2, 0) is 17.8 Å². The number of furan rings is 1. The van der Waals surface area contributed by atoms with Crippen LogP contribution in [0, 0.1) is 5.82 Å². The quantitative estimate of drug-likeness (QED) is 0.590. The second-order valence-corrected chi connectivity index (χ2v) is 6.14. The standard InChI is InChI=1S/C20H16FN3O3/c21-15-7-3-1-5-13(15)9-10-22-17(25)11-24-12-23-18-14-6-2-4-8-16(14)27-19(18)20(24)26/h1-8,12H,9-11H2,(H,22,25). The van der Waals surface area contributed by atoms with E-state index in [1.807, 2.05) is 18.2 Å². The molecule has 4 aromatic rings. The highest BCUT2D eigenvalue weighted by Gasteiger charge is 2.14. The van der Waals surface area contributed by atoms with E-state index >= 15 is 0 Å². The molecule has 0 atom stereocenters. The van der Waals surface area contributed by atoms with Crippen molar-refractivity contribution in [2.75, 3.05) is 6.54 Å². The lowest BCUT2D eigenvalue weighted by atomic mass is 10.1. The van der Waals surface area contributed by atoms with Crippen LogP contribution in [0.1, 0.15) is 5.56 Å². The van der Waals surface area contributed by atoms with E-state index in [0.717, 1.165) is 5.39 Å². The number of aromatic nitrogens is 2. The first-order valence-electron chi connectivity index (χ1n) is 8.50. The Balaban J connectivity index is 1.47. The van der Waals surface area contributed by atoms with Crippen LogP contribution in [-0.4, -0.2) is 22.0 Å². The molecule has 0 fully saturated rings. The molecule has 0 bridgehead atoms. The van der Waals surface area contributed by atoms with Gasteiger partial charge in [-0.15, -0.1) is 0 Å². The molecule has 0 radical (unpaired) electrons. The molecule has 0 aliphatic heterocycles. The maximum atomic E-state index is 13.6. The average Bonchev–Trinajstić information content (AvgIpc) is 3.05. The molecule has 0 saturated carbocycles. The molecule has 2 aromatic carbocycles. The second kappa shape index (κ2) is 7.03. The maximum absolute atomic E-state index is 13.6. The summed E-state index contributed by atoms with van der Waals surface area (Å²) in [4.78, 5) is 29.0. The maximum Gasteiger partial charge on any atom is 0.297 e. The largest absolute Gasteiger partial charge is 0.448 e. The number of benzene rings is 2. The zero-order chi connectivity index (χ0) is 18.8. The van der Waals surface area contributed by atoms with E-state index in [-0.39, 0.29) is 30.4 Å². The number of para-hydroxylation sites is 1. The first-order valence-corrected chi connectivity index (χ1v) is 8.50. The Morgan fingerprint density at radius 3 is 2.78 bits per heavy atom. The number of nitrogens with one attached hydrogen (secondary N) is 1. The van der Waals surface area contributed by atoms with Crippen molar-refractivity contribution >= 4 is 28.0 Å². The molecule has 4 rings (SSSR count). The Bertz CT molecular complexity index is 1200. The van der Waals surface area contributed by atoms with Gasteiger partial charge in [0.05, 0.1) is 6.33 Å².